The third kappa shape index (κ3) is 3.30. The summed E-state index contributed by atoms with van der Waals surface area (Å²) < 4.78 is 5.13. The van der Waals surface area contributed by atoms with Gasteiger partial charge >= 0.3 is 5.97 Å². The predicted molar refractivity (Wildman–Crippen MR) is 88.4 cm³/mol. The quantitative estimate of drug-likeness (QED) is 0.316. The number of aromatic amines is 3. The molecule has 2 heterocycles. The van der Waals surface area contributed by atoms with Crippen LogP contribution in [0.3, 0.4) is 0 Å². The van der Waals surface area contributed by atoms with E-state index in [1.54, 1.807) is 6.07 Å². The van der Waals surface area contributed by atoms with E-state index in [4.69, 9.17) is 4.74 Å². The van der Waals surface area contributed by atoms with E-state index in [0.29, 0.717) is 22.6 Å². The van der Waals surface area contributed by atoms with E-state index in [2.05, 4.69) is 25.7 Å². The summed E-state index contributed by atoms with van der Waals surface area (Å²) in [7, 11) is 0. The van der Waals surface area contributed by atoms with Crippen LogP contribution in [0.15, 0.2) is 29.1 Å². The van der Waals surface area contributed by atoms with Gasteiger partial charge in [0.2, 0.25) is 5.91 Å². The van der Waals surface area contributed by atoms with E-state index >= 15 is 0 Å². The molecule has 0 radical (unpaired) electrons. The molecule has 1 aliphatic rings. The lowest BCUT2D eigenvalue weighted by Crippen LogP contribution is -2.20. The Morgan fingerprint density at radius 3 is 2.88 bits per heavy atom. The highest BCUT2D eigenvalue weighted by molar-refractivity contribution is 6.02. The fourth-order valence-electron chi connectivity index (χ4n) is 2.57. The van der Waals surface area contributed by atoms with Crippen molar-refractivity contribution in [2.75, 3.05) is 5.32 Å². The Hall–Kier alpha value is -3.36. The van der Waals surface area contributed by atoms with Crippen molar-refractivity contribution in [3.8, 4) is 5.75 Å². The number of benzene rings is 1. The van der Waals surface area contributed by atoms with Crippen molar-refractivity contribution in [1.82, 2.24) is 20.4 Å². The lowest BCUT2D eigenvalue weighted by molar-refractivity contribution is -0.137. The van der Waals surface area contributed by atoms with Crippen LogP contribution in [0.2, 0.25) is 0 Å². The summed E-state index contributed by atoms with van der Waals surface area (Å²) in [5, 5.41) is 15.0. The van der Waals surface area contributed by atoms with Crippen LogP contribution in [0.1, 0.15) is 30.9 Å². The number of H-pyrrole nitrogens is 3. The molecule has 25 heavy (non-hydrogen) atoms. The molecule has 3 aromatic rings. The molecule has 0 bridgehead atoms. The number of nitrogens with one attached hydrogen (secondary N) is 4. The van der Waals surface area contributed by atoms with Gasteiger partial charge in [0.15, 0.2) is 5.82 Å². The lowest BCUT2D eigenvalue weighted by Gasteiger charge is -2.04. The Kier molecular flexibility index (Phi) is 3.60. The Labute approximate surface area is 140 Å². The van der Waals surface area contributed by atoms with Crippen molar-refractivity contribution in [2.24, 2.45) is 0 Å². The number of nitrogens with zero attached hydrogens (tertiary/aromatic N) is 1. The SMILES string of the molecule is O=C(CC(=O)Oc1ccc2c(=O)[nH][nH]c2c1)Nc1cc(C2CC2)[nH]n1. The molecule has 0 saturated heterocycles. The number of fused-ring (bicyclic) bond motifs is 1. The Bertz CT molecular complexity index is 1010. The first-order valence-electron chi connectivity index (χ1n) is 7.85. The zero-order valence-corrected chi connectivity index (χ0v) is 13.1. The minimum Gasteiger partial charge on any atom is -0.426 e. The molecule has 2 aromatic heterocycles. The largest absolute Gasteiger partial charge is 0.426 e. The molecule has 0 spiro atoms. The lowest BCUT2D eigenvalue weighted by atomic mass is 10.2. The molecule has 1 aromatic carbocycles. The molecule has 1 aliphatic carbocycles. The van der Waals surface area contributed by atoms with Gasteiger partial charge in [0, 0.05) is 23.7 Å². The Morgan fingerprint density at radius 1 is 1.24 bits per heavy atom. The minimum absolute atomic E-state index is 0.247. The number of hydrogen-bond donors (Lipinski definition) is 4. The van der Waals surface area contributed by atoms with E-state index in [9.17, 15) is 14.4 Å². The first-order valence-corrected chi connectivity index (χ1v) is 7.85. The first-order chi connectivity index (χ1) is 12.1. The van der Waals surface area contributed by atoms with E-state index < -0.39 is 18.3 Å². The van der Waals surface area contributed by atoms with Gasteiger partial charge < -0.3 is 10.1 Å². The maximum Gasteiger partial charge on any atom is 0.320 e. The van der Waals surface area contributed by atoms with E-state index in [0.717, 1.165) is 18.5 Å². The van der Waals surface area contributed by atoms with Crippen molar-refractivity contribution < 1.29 is 14.3 Å². The van der Waals surface area contributed by atoms with Gasteiger partial charge in [0.25, 0.3) is 5.56 Å². The summed E-state index contributed by atoms with van der Waals surface area (Å²) in [5.74, 6) is -0.0667. The van der Waals surface area contributed by atoms with Crippen LogP contribution >= 0.6 is 0 Å². The molecule has 0 atom stereocenters. The first kappa shape index (κ1) is 15.2. The molecular formula is C16H15N5O4. The van der Waals surface area contributed by atoms with Gasteiger partial charge in [-0.15, -0.1) is 0 Å². The maximum absolute atomic E-state index is 11.9. The molecule has 4 N–H and O–H groups in total. The number of ether oxygens (including phenoxy) is 1. The number of aromatic nitrogens is 4. The van der Waals surface area contributed by atoms with Gasteiger partial charge in [0.1, 0.15) is 12.2 Å². The highest BCUT2D eigenvalue weighted by atomic mass is 16.5. The van der Waals surface area contributed by atoms with Gasteiger partial charge in [-0.3, -0.25) is 29.7 Å². The smallest absolute Gasteiger partial charge is 0.320 e. The van der Waals surface area contributed by atoms with Crippen molar-refractivity contribution >= 4 is 28.6 Å². The number of carbonyl (C=O) groups is 2. The molecule has 128 valence electrons. The fourth-order valence-corrected chi connectivity index (χ4v) is 2.57. The molecule has 1 amide bonds. The molecular weight excluding hydrogens is 326 g/mol. The molecule has 1 saturated carbocycles. The number of hydrogen-bond acceptors (Lipinski definition) is 5. The predicted octanol–water partition coefficient (Wildman–Crippen LogP) is 1.39. The number of esters is 1. The zero-order chi connectivity index (χ0) is 17.4. The van der Waals surface area contributed by atoms with E-state index in [-0.39, 0.29) is 11.3 Å². The van der Waals surface area contributed by atoms with Crippen molar-refractivity contribution in [3.05, 3.63) is 40.3 Å². The third-order valence-electron chi connectivity index (χ3n) is 3.97. The molecule has 0 aliphatic heterocycles. The standard InChI is InChI=1S/C16H15N5O4/c22-14(17-13-6-11(18-20-13)8-1-2-8)7-15(23)25-9-3-4-10-12(5-9)19-21-16(10)24/h3-6,8H,1-2,7H2,(H2,19,21,24)(H2,17,18,20,22). The number of rotatable bonds is 5. The van der Waals surface area contributed by atoms with Crippen molar-refractivity contribution in [1.29, 1.82) is 0 Å². The summed E-state index contributed by atoms with van der Waals surface area (Å²) in [6, 6.07) is 6.32. The van der Waals surface area contributed by atoms with Crippen LogP contribution in [0.25, 0.3) is 10.9 Å². The summed E-state index contributed by atoms with van der Waals surface area (Å²) >= 11 is 0. The second-order valence-corrected chi connectivity index (χ2v) is 5.97. The van der Waals surface area contributed by atoms with Crippen LogP contribution in [0.5, 0.6) is 5.75 Å². The summed E-state index contributed by atoms with van der Waals surface area (Å²) in [6.07, 6.45) is 1.81. The van der Waals surface area contributed by atoms with Gasteiger partial charge in [-0.2, -0.15) is 5.10 Å². The second-order valence-electron chi connectivity index (χ2n) is 5.97. The van der Waals surface area contributed by atoms with Gasteiger partial charge in [-0.05, 0) is 25.0 Å². The summed E-state index contributed by atoms with van der Waals surface area (Å²) in [4.78, 5) is 35.2. The molecule has 0 unspecified atom stereocenters. The van der Waals surface area contributed by atoms with Gasteiger partial charge in [-0.25, -0.2) is 0 Å². The van der Waals surface area contributed by atoms with Crippen LogP contribution in [0.4, 0.5) is 5.82 Å². The number of amides is 1. The number of anilines is 1. The van der Waals surface area contributed by atoms with Crippen LogP contribution < -0.4 is 15.6 Å². The fraction of sp³-hybridized carbons (Fsp3) is 0.250. The van der Waals surface area contributed by atoms with Crippen LogP contribution in [-0.2, 0) is 9.59 Å². The molecule has 9 heteroatoms. The van der Waals surface area contributed by atoms with Crippen LogP contribution in [-0.4, -0.2) is 32.3 Å². The summed E-state index contributed by atoms with van der Waals surface area (Å²) in [6.45, 7) is 0. The van der Waals surface area contributed by atoms with Crippen molar-refractivity contribution in [2.45, 2.75) is 25.2 Å². The maximum atomic E-state index is 11.9. The topological polar surface area (TPSA) is 133 Å². The Balaban J connectivity index is 1.35. The second kappa shape index (κ2) is 5.93. The van der Waals surface area contributed by atoms with Crippen LogP contribution in [0, 0.1) is 0 Å². The highest BCUT2D eigenvalue weighted by Crippen LogP contribution is 2.39. The Morgan fingerprint density at radius 2 is 2.08 bits per heavy atom. The number of carbonyl (C=O) groups excluding carboxylic acids is 2. The zero-order valence-electron chi connectivity index (χ0n) is 13.1. The molecule has 1 fully saturated rings. The minimum atomic E-state index is -0.701. The monoisotopic (exact) mass is 341 g/mol. The molecule has 9 nitrogen and oxygen atoms in total. The average Bonchev–Trinajstić information content (AvgIpc) is 3.22. The van der Waals surface area contributed by atoms with E-state index in [1.807, 2.05) is 0 Å². The van der Waals surface area contributed by atoms with Gasteiger partial charge in [0.05, 0.1) is 10.9 Å². The summed E-state index contributed by atoms with van der Waals surface area (Å²) in [5.41, 5.74) is 1.26. The third-order valence-corrected chi connectivity index (χ3v) is 3.97. The van der Waals surface area contributed by atoms with E-state index in [1.165, 1.54) is 18.2 Å². The van der Waals surface area contributed by atoms with Gasteiger partial charge in [-0.1, -0.05) is 0 Å². The van der Waals surface area contributed by atoms with Crippen molar-refractivity contribution in [3.63, 3.8) is 0 Å². The normalized spacial score (nSPS) is 13.8. The average molecular weight is 341 g/mol. The molecule has 4 rings (SSSR count). The highest BCUT2D eigenvalue weighted by Gasteiger charge is 2.25.